The number of aliphatic hydroxyl groups excluding tert-OH is 1. The van der Waals surface area contributed by atoms with Crippen molar-refractivity contribution in [2.75, 3.05) is 40.4 Å². The van der Waals surface area contributed by atoms with Crippen LogP contribution in [0, 0.1) is 0 Å². The SMILES string of the molecule is CN(C)CCCNC(=O)COC(C)(C)CCO. The molecule has 0 aromatic rings. The number of hydrogen-bond acceptors (Lipinski definition) is 4. The van der Waals surface area contributed by atoms with Crippen molar-refractivity contribution in [2.45, 2.75) is 32.3 Å². The molecule has 1 amide bonds. The smallest absolute Gasteiger partial charge is 0.246 e. The molecule has 0 rings (SSSR count). The molecule has 0 bridgehead atoms. The second kappa shape index (κ2) is 8.44. The first-order chi connectivity index (χ1) is 7.87. The van der Waals surface area contributed by atoms with Crippen molar-refractivity contribution in [1.29, 1.82) is 0 Å². The van der Waals surface area contributed by atoms with Crippen molar-refractivity contribution in [3.05, 3.63) is 0 Å². The Morgan fingerprint density at radius 3 is 2.59 bits per heavy atom. The maximum atomic E-state index is 11.4. The molecule has 0 aliphatic rings. The molecule has 102 valence electrons. The molecule has 0 saturated carbocycles. The summed E-state index contributed by atoms with van der Waals surface area (Å²) in [5, 5.41) is 11.6. The zero-order valence-electron chi connectivity index (χ0n) is 11.5. The summed E-state index contributed by atoms with van der Waals surface area (Å²) >= 11 is 0. The Bertz CT molecular complexity index is 218. The Hall–Kier alpha value is -0.650. The third-order valence-electron chi connectivity index (χ3n) is 2.41. The van der Waals surface area contributed by atoms with Crippen LogP contribution in [0.1, 0.15) is 26.7 Å². The minimum Gasteiger partial charge on any atom is -0.396 e. The Balaban J connectivity index is 3.59. The molecule has 0 radical (unpaired) electrons. The molecule has 0 atom stereocenters. The van der Waals surface area contributed by atoms with Gasteiger partial charge in [0.25, 0.3) is 0 Å². The topological polar surface area (TPSA) is 61.8 Å². The lowest BCUT2D eigenvalue weighted by molar-refractivity contribution is -0.132. The first kappa shape index (κ1) is 16.4. The summed E-state index contributed by atoms with van der Waals surface area (Å²) in [5.41, 5.74) is -0.449. The number of amides is 1. The third-order valence-corrected chi connectivity index (χ3v) is 2.41. The van der Waals surface area contributed by atoms with E-state index < -0.39 is 5.60 Å². The zero-order valence-corrected chi connectivity index (χ0v) is 11.5. The Kier molecular flexibility index (Phi) is 8.12. The van der Waals surface area contributed by atoms with E-state index in [1.165, 1.54) is 0 Å². The summed E-state index contributed by atoms with van der Waals surface area (Å²) in [7, 11) is 4.00. The van der Waals surface area contributed by atoms with Crippen molar-refractivity contribution in [2.24, 2.45) is 0 Å². The van der Waals surface area contributed by atoms with Crippen LogP contribution in [-0.4, -0.2) is 61.9 Å². The van der Waals surface area contributed by atoms with Gasteiger partial charge in [-0.1, -0.05) is 0 Å². The van der Waals surface area contributed by atoms with Crippen LogP contribution in [0.2, 0.25) is 0 Å². The van der Waals surface area contributed by atoms with E-state index >= 15 is 0 Å². The minimum absolute atomic E-state index is 0.0506. The van der Waals surface area contributed by atoms with E-state index in [0.29, 0.717) is 13.0 Å². The van der Waals surface area contributed by atoms with E-state index in [-0.39, 0.29) is 19.1 Å². The van der Waals surface area contributed by atoms with Gasteiger partial charge in [0.15, 0.2) is 0 Å². The van der Waals surface area contributed by atoms with Crippen LogP contribution in [0.15, 0.2) is 0 Å². The maximum absolute atomic E-state index is 11.4. The molecule has 0 fully saturated rings. The first-order valence-electron chi connectivity index (χ1n) is 6.03. The predicted molar refractivity (Wildman–Crippen MR) is 67.9 cm³/mol. The molecule has 0 aromatic carbocycles. The Labute approximate surface area is 104 Å². The number of hydrogen-bond donors (Lipinski definition) is 2. The Morgan fingerprint density at radius 2 is 2.06 bits per heavy atom. The third kappa shape index (κ3) is 10.2. The van der Waals surface area contributed by atoms with Crippen molar-refractivity contribution in [3.8, 4) is 0 Å². The molecular weight excluding hydrogens is 220 g/mol. The maximum Gasteiger partial charge on any atom is 0.246 e. The standard InChI is InChI=1S/C12H26N2O3/c1-12(2,6-9-15)17-10-11(16)13-7-5-8-14(3)4/h15H,5-10H2,1-4H3,(H,13,16). The van der Waals surface area contributed by atoms with E-state index in [1.807, 2.05) is 27.9 Å². The predicted octanol–water partition coefficient (Wildman–Crippen LogP) is 0.232. The van der Waals surface area contributed by atoms with Crippen LogP contribution in [0.5, 0.6) is 0 Å². The van der Waals surface area contributed by atoms with Gasteiger partial charge in [0.1, 0.15) is 6.61 Å². The van der Waals surface area contributed by atoms with E-state index in [0.717, 1.165) is 13.0 Å². The van der Waals surface area contributed by atoms with Gasteiger partial charge in [-0.25, -0.2) is 0 Å². The van der Waals surface area contributed by atoms with E-state index in [1.54, 1.807) is 0 Å². The molecule has 0 aliphatic heterocycles. The summed E-state index contributed by atoms with van der Waals surface area (Å²) in [6.45, 7) is 5.47. The molecule has 5 heteroatoms. The second-order valence-corrected chi connectivity index (χ2v) is 5.03. The van der Waals surface area contributed by atoms with Gasteiger partial charge in [0, 0.05) is 13.2 Å². The van der Waals surface area contributed by atoms with Crippen molar-refractivity contribution in [3.63, 3.8) is 0 Å². The zero-order chi connectivity index (χ0) is 13.3. The molecule has 0 unspecified atom stereocenters. The van der Waals surface area contributed by atoms with Gasteiger partial charge in [-0.3, -0.25) is 4.79 Å². The lowest BCUT2D eigenvalue weighted by atomic mass is 10.1. The van der Waals surface area contributed by atoms with Crippen LogP contribution < -0.4 is 5.32 Å². The van der Waals surface area contributed by atoms with Crippen LogP contribution in [-0.2, 0) is 9.53 Å². The van der Waals surface area contributed by atoms with Crippen LogP contribution in [0.25, 0.3) is 0 Å². The summed E-state index contributed by atoms with van der Waals surface area (Å²) in [6, 6.07) is 0. The average molecular weight is 246 g/mol. The summed E-state index contributed by atoms with van der Waals surface area (Å²) in [5.74, 6) is -0.102. The molecule has 2 N–H and O–H groups in total. The second-order valence-electron chi connectivity index (χ2n) is 5.03. The number of carbonyl (C=O) groups excluding carboxylic acids is 1. The summed E-state index contributed by atoms with van der Waals surface area (Å²) in [4.78, 5) is 13.5. The molecule has 5 nitrogen and oxygen atoms in total. The lowest BCUT2D eigenvalue weighted by Gasteiger charge is -2.23. The number of nitrogens with zero attached hydrogens (tertiary/aromatic N) is 1. The van der Waals surface area contributed by atoms with Gasteiger partial charge in [0.05, 0.1) is 5.60 Å². The number of nitrogens with one attached hydrogen (secondary N) is 1. The highest BCUT2D eigenvalue weighted by Gasteiger charge is 2.18. The van der Waals surface area contributed by atoms with E-state index in [4.69, 9.17) is 9.84 Å². The number of ether oxygens (including phenoxy) is 1. The van der Waals surface area contributed by atoms with Gasteiger partial charge in [0.2, 0.25) is 5.91 Å². The van der Waals surface area contributed by atoms with Gasteiger partial charge < -0.3 is 20.1 Å². The summed E-state index contributed by atoms with van der Waals surface area (Å²) in [6.07, 6.45) is 1.46. The molecule has 0 spiro atoms. The molecule has 0 saturated heterocycles. The molecule has 0 aliphatic carbocycles. The van der Waals surface area contributed by atoms with Crippen molar-refractivity contribution < 1.29 is 14.6 Å². The quantitative estimate of drug-likeness (QED) is 0.572. The van der Waals surface area contributed by atoms with Gasteiger partial charge in [-0.2, -0.15) is 0 Å². The van der Waals surface area contributed by atoms with Crippen LogP contribution >= 0.6 is 0 Å². The van der Waals surface area contributed by atoms with E-state index in [2.05, 4.69) is 10.2 Å². The highest BCUT2D eigenvalue weighted by molar-refractivity contribution is 5.77. The Morgan fingerprint density at radius 1 is 1.41 bits per heavy atom. The average Bonchev–Trinajstić information content (AvgIpc) is 2.21. The molecule has 17 heavy (non-hydrogen) atoms. The van der Waals surface area contributed by atoms with Gasteiger partial charge >= 0.3 is 0 Å². The van der Waals surface area contributed by atoms with E-state index in [9.17, 15) is 4.79 Å². The van der Waals surface area contributed by atoms with Crippen LogP contribution in [0.4, 0.5) is 0 Å². The normalized spacial score (nSPS) is 11.9. The fourth-order valence-corrected chi connectivity index (χ4v) is 1.28. The lowest BCUT2D eigenvalue weighted by Crippen LogP contribution is -2.35. The molecule has 0 aromatic heterocycles. The fourth-order valence-electron chi connectivity index (χ4n) is 1.28. The molecular formula is C12H26N2O3. The monoisotopic (exact) mass is 246 g/mol. The largest absolute Gasteiger partial charge is 0.396 e. The molecule has 0 heterocycles. The number of aliphatic hydroxyl groups is 1. The van der Waals surface area contributed by atoms with Crippen LogP contribution in [0.3, 0.4) is 0 Å². The fraction of sp³-hybridized carbons (Fsp3) is 0.917. The highest BCUT2D eigenvalue weighted by Crippen LogP contribution is 2.12. The highest BCUT2D eigenvalue weighted by atomic mass is 16.5. The minimum atomic E-state index is -0.449. The number of rotatable bonds is 9. The first-order valence-corrected chi connectivity index (χ1v) is 6.03. The number of carbonyl (C=O) groups is 1. The van der Waals surface area contributed by atoms with Gasteiger partial charge in [-0.05, 0) is 47.3 Å². The van der Waals surface area contributed by atoms with Gasteiger partial charge in [-0.15, -0.1) is 0 Å². The van der Waals surface area contributed by atoms with Crippen molar-refractivity contribution >= 4 is 5.91 Å². The summed E-state index contributed by atoms with van der Waals surface area (Å²) < 4.78 is 5.43. The van der Waals surface area contributed by atoms with Crippen molar-refractivity contribution in [1.82, 2.24) is 10.2 Å².